The number of carboxylic acid groups (broad SMARTS) is 1. The van der Waals surface area contributed by atoms with Crippen molar-refractivity contribution in [1.29, 1.82) is 0 Å². The lowest BCUT2D eigenvalue weighted by Crippen LogP contribution is -2.45. The van der Waals surface area contributed by atoms with Crippen LogP contribution in [0.1, 0.15) is 19.1 Å². The highest BCUT2D eigenvalue weighted by Crippen LogP contribution is 2.16. The zero-order valence-electron chi connectivity index (χ0n) is 10.8. The number of rotatable bonds is 4. The van der Waals surface area contributed by atoms with Crippen LogP contribution in [0.3, 0.4) is 0 Å². The number of carboxylic acids is 1. The van der Waals surface area contributed by atoms with Gasteiger partial charge in [-0.2, -0.15) is 0 Å². The fraction of sp³-hybridized carbons (Fsp3) is 0.538. The van der Waals surface area contributed by atoms with Crippen molar-refractivity contribution in [2.24, 2.45) is 5.92 Å². The van der Waals surface area contributed by atoms with Crippen LogP contribution in [0.5, 0.6) is 0 Å². The van der Waals surface area contributed by atoms with E-state index in [1.54, 1.807) is 12.3 Å². The van der Waals surface area contributed by atoms with Crippen LogP contribution in [0.15, 0.2) is 22.8 Å². The summed E-state index contributed by atoms with van der Waals surface area (Å²) in [7, 11) is 0. The molecule has 1 aliphatic rings. The van der Waals surface area contributed by atoms with Gasteiger partial charge in [-0.05, 0) is 18.1 Å². The number of nitrogens with one attached hydrogen (secondary N) is 1. The van der Waals surface area contributed by atoms with Gasteiger partial charge in [0.1, 0.15) is 11.8 Å². The van der Waals surface area contributed by atoms with E-state index in [1.165, 1.54) is 0 Å². The van der Waals surface area contributed by atoms with Crippen molar-refractivity contribution in [2.75, 3.05) is 13.1 Å². The van der Waals surface area contributed by atoms with Gasteiger partial charge < -0.3 is 14.8 Å². The summed E-state index contributed by atoms with van der Waals surface area (Å²) in [5.74, 6) is -0.188. The quantitative estimate of drug-likeness (QED) is 0.838. The van der Waals surface area contributed by atoms with E-state index >= 15 is 0 Å². The molecule has 0 aliphatic carbocycles. The van der Waals surface area contributed by atoms with Crippen LogP contribution in [0.4, 0.5) is 0 Å². The molecule has 1 aliphatic heterocycles. The Morgan fingerprint density at radius 1 is 1.63 bits per heavy atom. The van der Waals surface area contributed by atoms with E-state index in [0.717, 1.165) is 5.76 Å². The van der Waals surface area contributed by atoms with Crippen molar-refractivity contribution < 1.29 is 19.1 Å². The minimum atomic E-state index is -0.973. The van der Waals surface area contributed by atoms with E-state index < -0.39 is 12.0 Å². The van der Waals surface area contributed by atoms with Crippen LogP contribution in [0.25, 0.3) is 0 Å². The van der Waals surface area contributed by atoms with Crippen molar-refractivity contribution in [3.05, 3.63) is 24.2 Å². The molecule has 1 aromatic rings. The van der Waals surface area contributed by atoms with Crippen LogP contribution >= 0.6 is 0 Å². The Labute approximate surface area is 111 Å². The lowest BCUT2D eigenvalue weighted by atomic mass is 10.1. The molecule has 1 fully saturated rings. The number of carbonyl (C=O) groups is 2. The maximum absolute atomic E-state index is 12.0. The molecule has 0 aromatic carbocycles. The highest BCUT2D eigenvalue weighted by molar-refractivity contribution is 5.86. The second-order valence-electron chi connectivity index (χ2n) is 4.97. The summed E-state index contributed by atoms with van der Waals surface area (Å²) in [5, 5.41) is 11.7. The highest BCUT2D eigenvalue weighted by Gasteiger charge is 2.32. The predicted octanol–water partition coefficient (Wildman–Crippen LogP) is 0.691. The van der Waals surface area contributed by atoms with Gasteiger partial charge in [0.25, 0.3) is 0 Å². The first-order chi connectivity index (χ1) is 9.06. The van der Waals surface area contributed by atoms with Gasteiger partial charge in [-0.25, -0.2) is 0 Å². The van der Waals surface area contributed by atoms with Gasteiger partial charge >= 0.3 is 5.97 Å². The van der Waals surface area contributed by atoms with Gasteiger partial charge in [0.2, 0.25) is 5.91 Å². The molecule has 1 amide bonds. The first-order valence-electron chi connectivity index (χ1n) is 6.32. The Bertz CT molecular complexity index is 444. The lowest BCUT2D eigenvalue weighted by molar-refractivity contribution is -0.141. The summed E-state index contributed by atoms with van der Waals surface area (Å²) in [5.41, 5.74) is 0. The number of furan rings is 1. The van der Waals surface area contributed by atoms with Gasteiger partial charge in [0, 0.05) is 13.1 Å². The van der Waals surface area contributed by atoms with E-state index in [9.17, 15) is 9.59 Å². The molecule has 1 aromatic heterocycles. The number of hydrogen-bond donors (Lipinski definition) is 2. The van der Waals surface area contributed by atoms with Crippen LogP contribution in [-0.4, -0.2) is 41.0 Å². The highest BCUT2D eigenvalue weighted by atomic mass is 16.4. The second-order valence-corrected chi connectivity index (χ2v) is 4.97. The van der Waals surface area contributed by atoms with Crippen molar-refractivity contribution in [2.45, 2.75) is 25.9 Å². The molecule has 2 unspecified atom stereocenters. The van der Waals surface area contributed by atoms with Crippen molar-refractivity contribution in [3.8, 4) is 0 Å². The summed E-state index contributed by atoms with van der Waals surface area (Å²) >= 11 is 0. The first kappa shape index (κ1) is 13.6. The summed E-state index contributed by atoms with van der Waals surface area (Å²) in [6.07, 6.45) is 1.38. The first-order valence-corrected chi connectivity index (χ1v) is 6.32. The molecule has 0 saturated carbocycles. The smallest absolute Gasteiger partial charge is 0.305 e. The Balaban J connectivity index is 2.16. The fourth-order valence-electron chi connectivity index (χ4n) is 2.32. The fourth-order valence-corrected chi connectivity index (χ4v) is 2.32. The molecule has 0 radical (unpaired) electrons. The Morgan fingerprint density at radius 2 is 2.42 bits per heavy atom. The molecule has 104 valence electrons. The third-order valence-electron chi connectivity index (χ3n) is 3.22. The molecule has 2 rings (SSSR count). The number of nitrogens with zero attached hydrogens (tertiary/aromatic N) is 1. The third-order valence-corrected chi connectivity index (χ3v) is 3.22. The minimum absolute atomic E-state index is 0.195. The molecule has 2 atom stereocenters. The Hall–Kier alpha value is -1.82. The van der Waals surface area contributed by atoms with E-state index in [1.807, 2.05) is 17.9 Å². The molecule has 2 N–H and O–H groups in total. The number of hydrogen-bond acceptors (Lipinski definition) is 4. The summed E-state index contributed by atoms with van der Waals surface area (Å²) in [6.45, 7) is 3.71. The minimum Gasteiger partial charge on any atom is -0.481 e. The topological polar surface area (TPSA) is 82.8 Å². The third kappa shape index (κ3) is 3.57. The van der Waals surface area contributed by atoms with Gasteiger partial charge in [-0.15, -0.1) is 0 Å². The van der Waals surface area contributed by atoms with E-state index in [2.05, 4.69) is 5.32 Å². The van der Waals surface area contributed by atoms with Crippen LogP contribution < -0.4 is 5.32 Å². The average Bonchev–Trinajstić information content (AvgIpc) is 2.80. The van der Waals surface area contributed by atoms with E-state index in [-0.39, 0.29) is 18.2 Å². The molecule has 6 heteroatoms. The Kier molecular flexibility index (Phi) is 4.21. The SMILES string of the molecule is CC1CNC(=O)C(CC(=O)O)N(Cc2ccco2)C1. The summed E-state index contributed by atoms with van der Waals surface area (Å²) in [4.78, 5) is 24.8. The lowest BCUT2D eigenvalue weighted by Gasteiger charge is -2.27. The van der Waals surface area contributed by atoms with Gasteiger partial charge in [0.05, 0.1) is 19.2 Å². The largest absolute Gasteiger partial charge is 0.481 e. The summed E-state index contributed by atoms with van der Waals surface area (Å²) < 4.78 is 5.28. The van der Waals surface area contributed by atoms with Gasteiger partial charge in [0.15, 0.2) is 0 Å². The van der Waals surface area contributed by atoms with Crippen molar-refractivity contribution in [3.63, 3.8) is 0 Å². The molecule has 0 bridgehead atoms. The average molecular weight is 266 g/mol. The molecule has 0 spiro atoms. The van der Waals surface area contributed by atoms with Crippen LogP contribution in [0, 0.1) is 5.92 Å². The van der Waals surface area contributed by atoms with Crippen molar-refractivity contribution >= 4 is 11.9 Å². The Morgan fingerprint density at radius 3 is 3.05 bits per heavy atom. The number of carbonyl (C=O) groups excluding carboxylic acids is 1. The maximum Gasteiger partial charge on any atom is 0.305 e. The van der Waals surface area contributed by atoms with E-state index in [4.69, 9.17) is 9.52 Å². The molecular weight excluding hydrogens is 248 g/mol. The zero-order chi connectivity index (χ0) is 13.8. The normalized spacial score (nSPS) is 24.8. The monoisotopic (exact) mass is 266 g/mol. The van der Waals surface area contributed by atoms with Gasteiger partial charge in [-0.1, -0.05) is 6.92 Å². The van der Waals surface area contributed by atoms with Gasteiger partial charge in [-0.3, -0.25) is 14.5 Å². The maximum atomic E-state index is 12.0. The standard InChI is InChI=1S/C13H18N2O4/c1-9-6-14-13(18)11(5-12(16)17)15(7-9)8-10-3-2-4-19-10/h2-4,9,11H,5-8H2,1H3,(H,14,18)(H,16,17). The zero-order valence-corrected chi connectivity index (χ0v) is 10.8. The molecular formula is C13H18N2O4. The second kappa shape index (κ2) is 5.88. The number of amides is 1. The number of aliphatic carboxylic acids is 1. The molecule has 19 heavy (non-hydrogen) atoms. The molecule has 2 heterocycles. The predicted molar refractivity (Wildman–Crippen MR) is 67.3 cm³/mol. The molecule has 1 saturated heterocycles. The summed E-state index contributed by atoms with van der Waals surface area (Å²) in [6, 6.07) is 2.96. The van der Waals surface area contributed by atoms with E-state index in [0.29, 0.717) is 19.6 Å². The van der Waals surface area contributed by atoms with Crippen LogP contribution in [0.2, 0.25) is 0 Å². The van der Waals surface area contributed by atoms with Crippen molar-refractivity contribution in [1.82, 2.24) is 10.2 Å². The molecule has 6 nitrogen and oxygen atoms in total. The van der Waals surface area contributed by atoms with Crippen LogP contribution in [-0.2, 0) is 16.1 Å².